The Hall–Kier alpha value is -1.53. The number of amides is 1. The van der Waals surface area contributed by atoms with E-state index in [4.69, 9.17) is 4.74 Å². The number of hydrogen-bond donors (Lipinski definition) is 1. The van der Waals surface area contributed by atoms with Gasteiger partial charge in [-0.05, 0) is 50.9 Å². The fourth-order valence-electron chi connectivity index (χ4n) is 3.55. The molecule has 0 aromatic heterocycles. The normalized spacial score (nSPS) is 31.5. The first-order chi connectivity index (χ1) is 11.0. The highest BCUT2D eigenvalue weighted by atomic mass is 19.2. The molecule has 2 heterocycles. The Bertz CT molecular complexity index is 596. The van der Waals surface area contributed by atoms with E-state index in [-0.39, 0.29) is 24.1 Å². The summed E-state index contributed by atoms with van der Waals surface area (Å²) >= 11 is 0. The highest BCUT2D eigenvalue weighted by Crippen LogP contribution is 2.32. The van der Waals surface area contributed by atoms with Crippen molar-refractivity contribution in [3.63, 3.8) is 0 Å². The monoisotopic (exact) mass is 324 g/mol. The predicted octanol–water partition coefficient (Wildman–Crippen LogP) is 2.39. The second kappa shape index (κ2) is 6.53. The summed E-state index contributed by atoms with van der Waals surface area (Å²) in [6.07, 6.45) is 2.09. The summed E-state index contributed by atoms with van der Waals surface area (Å²) in [6.45, 7) is 2.75. The summed E-state index contributed by atoms with van der Waals surface area (Å²) in [5, 5.41) is 3.03. The summed E-state index contributed by atoms with van der Waals surface area (Å²) in [5.74, 6) is -1.83. The predicted molar refractivity (Wildman–Crippen MR) is 81.8 cm³/mol. The molecule has 0 unspecified atom stereocenters. The van der Waals surface area contributed by atoms with E-state index in [1.54, 1.807) is 6.07 Å². The van der Waals surface area contributed by atoms with E-state index in [0.717, 1.165) is 31.9 Å². The standard InChI is InChI=1S/C17H22F2N2O2/c1-10-3-6-15(23-10)17(22)20-14-7-8-21(2)16(14)11-4-5-12(18)13(19)9-11/h4-5,9-10,14-16H,3,6-8H2,1-2H3,(H,20,22)/t10-,14+,15-,16+/m1/s1. The summed E-state index contributed by atoms with van der Waals surface area (Å²) in [4.78, 5) is 14.4. The molecule has 1 N–H and O–H groups in total. The fourth-order valence-corrected chi connectivity index (χ4v) is 3.55. The number of likely N-dealkylation sites (N-methyl/N-ethyl adjacent to an activating group) is 1. The summed E-state index contributed by atoms with van der Waals surface area (Å²) in [6, 6.07) is 3.65. The Kier molecular flexibility index (Phi) is 4.64. The Morgan fingerprint density at radius 3 is 2.70 bits per heavy atom. The van der Waals surface area contributed by atoms with Crippen LogP contribution in [0.4, 0.5) is 8.78 Å². The van der Waals surface area contributed by atoms with Crippen molar-refractivity contribution in [2.45, 2.75) is 50.5 Å². The Labute approximate surface area is 134 Å². The van der Waals surface area contributed by atoms with Crippen molar-refractivity contribution in [3.8, 4) is 0 Å². The molecule has 0 aliphatic carbocycles. The van der Waals surface area contributed by atoms with Crippen LogP contribution in [0.2, 0.25) is 0 Å². The number of carbonyl (C=O) groups is 1. The number of likely N-dealkylation sites (tertiary alicyclic amines) is 1. The zero-order chi connectivity index (χ0) is 16.6. The third-order valence-electron chi connectivity index (χ3n) is 4.79. The first kappa shape index (κ1) is 16.3. The number of benzene rings is 1. The molecule has 0 spiro atoms. The van der Waals surface area contributed by atoms with Gasteiger partial charge in [0.2, 0.25) is 5.91 Å². The molecule has 0 radical (unpaired) electrons. The first-order valence-electron chi connectivity index (χ1n) is 8.06. The SMILES string of the molecule is C[C@@H]1CC[C@H](C(=O)N[C@H]2CCN(C)[C@H]2c2ccc(F)c(F)c2)O1. The smallest absolute Gasteiger partial charge is 0.249 e. The van der Waals surface area contributed by atoms with E-state index in [0.29, 0.717) is 5.56 Å². The Morgan fingerprint density at radius 1 is 1.26 bits per heavy atom. The maximum Gasteiger partial charge on any atom is 0.249 e. The fraction of sp³-hybridized carbons (Fsp3) is 0.588. The molecule has 126 valence electrons. The average Bonchev–Trinajstić information content (AvgIpc) is 3.09. The zero-order valence-corrected chi connectivity index (χ0v) is 13.4. The van der Waals surface area contributed by atoms with Gasteiger partial charge in [0.05, 0.1) is 12.1 Å². The lowest BCUT2D eigenvalue weighted by Crippen LogP contribution is -2.44. The van der Waals surface area contributed by atoms with Crippen LogP contribution >= 0.6 is 0 Å². The summed E-state index contributed by atoms with van der Waals surface area (Å²) in [7, 11) is 1.92. The van der Waals surface area contributed by atoms with Crippen molar-refractivity contribution in [2.75, 3.05) is 13.6 Å². The van der Waals surface area contributed by atoms with Crippen LogP contribution in [-0.2, 0) is 9.53 Å². The number of ether oxygens (including phenoxy) is 1. The third kappa shape index (κ3) is 3.38. The first-order valence-corrected chi connectivity index (χ1v) is 8.06. The second-order valence-corrected chi connectivity index (χ2v) is 6.52. The van der Waals surface area contributed by atoms with Gasteiger partial charge in [0.25, 0.3) is 0 Å². The minimum Gasteiger partial charge on any atom is -0.365 e. The van der Waals surface area contributed by atoms with Gasteiger partial charge in [-0.3, -0.25) is 9.69 Å². The highest BCUT2D eigenvalue weighted by Gasteiger charge is 2.37. The molecular formula is C17H22F2N2O2. The van der Waals surface area contributed by atoms with Gasteiger partial charge in [0.15, 0.2) is 11.6 Å². The van der Waals surface area contributed by atoms with E-state index in [2.05, 4.69) is 10.2 Å². The van der Waals surface area contributed by atoms with Gasteiger partial charge in [0.1, 0.15) is 6.10 Å². The number of rotatable bonds is 3. The molecule has 2 aliphatic rings. The average molecular weight is 324 g/mol. The van der Waals surface area contributed by atoms with Crippen molar-refractivity contribution in [1.82, 2.24) is 10.2 Å². The lowest BCUT2D eigenvalue weighted by molar-refractivity contribution is -0.132. The number of nitrogens with zero attached hydrogens (tertiary/aromatic N) is 1. The maximum atomic E-state index is 13.5. The van der Waals surface area contributed by atoms with Crippen molar-refractivity contribution in [3.05, 3.63) is 35.4 Å². The molecule has 1 amide bonds. The molecule has 1 aromatic carbocycles. The van der Waals surface area contributed by atoms with E-state index in [1.807, 2.05) is 14.0 Å². The third-order valence-corrected chi connectivity index (χ3v) is 4.79. The van der Waals surface area contributed by atoms with Crippen LogP contribution < -0.4 is 5.32 Å². The van der Waals surface area contributed by atoms with Crippen LogP contribution in [0.15, 0.2) is 18.2 Å². The molecule has 4 atom stereocenters. The van der Waals surface area contributed by atoms with E-state index < -0.39 is 17.7 Å². The van der Waals surface area contributed by atoms with Gasteiger partial charge >= 0.3 is 0 Å². The van der Waals surface area contributed by atoms with Crippen molar-refractivity contribution in [2.24, 2.45) is 0 Å². The number of nitrogens with one attached hydrogen (secondary N) is 1. The Balaban J connectivity index is 1.73. The van der Waals surface area contributed by atoms with Crippen LogP contribution in [0, 0.1) is 11.6 Å². The van der Waals surface area contributed by atoms with Crippen molar-refractivity contribution < 1.29 is 18.3 Å². The van der Waals surface area contributed by atoms with Gasteiger partial charge in [-0.1, -0.05) is 6.07 Å². The lowest BCUT2D eigenvalue weighted by Gasteiger charge is -2.27. The molecule has 1 aromatic rings. The summed E-state index contributed by atoms with van der Waals surface area (Å²) in [5.41, 5.74) is 0.676. The van der Waals surface area contributed by atoms with Crippen LogP contribution in [-0.4, -0.2) is 42.6 Å². The molecule has 2 aliphatic heterocycles. The van der Waals surface area contributed by atoms with E-state index in [1.165, 1.54) is 6.07 Å². The van der Waals surface area contributed by atoms with Crippen molar-refractivity contribution >= 4 is 5.91 Å². The van der Waals surface area contributed by atoms with Gasteiger partial charge in [0, 0.05) is 12.6 Å². The van der Waals surface area contributed by atoms with Crippen molar-refractivity contribution in [1.29, 1.82) is 0 Å². The van der Waals surface area contributed by atoms with Gasteiger partial charge < -0.3 is 10.1 Å². The summed E-state index contributed by atoms with van der Waals surface area (Å²) < 4.78 is 32.3. The van der Waals surface area contributed by atoms with E-state index >= 15 is 0 Å². The molecule has 0 bridgehead atoms. The maximum absolute atomic E-state index is 13.5. The van der Waals surface area contributed by atoms with Crippen LogP contribution in [0.25, 0.3) is 0 Å². The zero-order valence-electron chi connectivity index (χ0n) is 13.4. The van der Waals surface area contributed by atoms with Gasteiger partial charge in [-0.25, -0.2) is 8.78 Å². The Morgan fingerprint density at radius 2 is 2.04 bits per heavy atom. The van der Waals surface area contributed by atoms with Crippen LogP contribution in [0.3, 0.4) is 0 Å². The molecular weight excluding hydrogens is 302 g/mol. The van der Waals surface area contributed by atoms with Gasteiger partial charge in [-0.2, -0.15) is 0 Å². The van der Waals surface area contributed by atoms with E-state index in [9.17, 15) is 13.6 Å². The lowest BCUT2D eigenvalue weighted by atomic mass is 9.99. The quantitative estimate of drug-likeness (QED) is 0.928. The topological polar surface area (TPSA) is 41.6 Å². The number of hydrogen-bond acceptors (Lipinski definition) is 3. The largest absolute Gasteiger partial charge is 0.365 e. The molecule has 6 heteroatoms. The molecule has 4 nitrogen and oxygen atoms in total. The van der Waals surface area contributed by atoms with Crippen LogP contribution in [0.1, 0.15) is 37.8 Å². The molecule has 3 rings (SSSR count). The number of carbonyl (C=O) groups excluding carboxylic acids is 1. The van der Waals surface area contributed by atoms with Gasteiger partial charge in [-0.15, -0.1) is 0 Å². The number of halogens is 2. The minimum atomic E-state index is -0.860. The highest BCUT2D eigenvalue weighted by molar-refractivity contribution is 5.81. The minimum absolute atomic E-state index is 0.109. The molecule has 23 heavy (non-hydrogen) atoms. The molecule has 0 saturated carbocycles. The second-order valence-electron chi connectivity index (χ2n) is 6.52. The van der Waals surface area contributed by atoms with Crippen LogP contribution in [0.5, 0.6) is 0 Å². The molecule has 2 saturated heterocycles. The molecule has 2 fully saturated rings.